The van der Waals surface area contributed by atoms with E-state index in [4.69, 9.17) is 9.98 Å². The van der Waals surface area contributed by atoms with Gasteiger partial charge in [0.15, 0.2) is 0 Å². The zero-order valence-electron chi connectivity index (χ0n) is 11.9. The molecule has 2 unspecified atom stereocenters. The average molecular weight is 248 g/mol. The Morgan fingerprint density at radius 1 is 0.889 bits per heavy atom. The second-order valence-corrected chi connectivity index (χ2v) is 6.63. The molecule has 2 N–H and O–H groups in total. The maximum absolute atomic E-state index is 4.89. The zero-order valence-corrected chi connectivity index (χ0v) is 11.9. The Labute approximate surface area is 109 Å². The number of hydrogen-bond donors (Lipinski definition) is 2. The molecule has 3 rings (SSSR count). The van der Waals surface area contributed by atoms with Crippen LogP contribution in [-0.4, -0.2) is 47.7 Å². The first kappa shape index (κ1) is 12.3. The predicted octanol–water partition coefficient (Wildman–Crippen LogP) is 1.16. The zero-order chi connectivity index (χ0) is 13.0. The van der Waals surface area contributed by atoms with E-state index in [1.165, 1.54) is 11.4 Å². The third-order valence-electron chi connectivity index (χ3n) is 4.64. The lowest BCUT2D eigenvalue weighted by atomic mass is 9.69. The van der Waals surface area contributed by atoms with Crippen LogP contribution in [0, 0.1) is 0 Å². The summed E-state index contributed by atoms with van der Waals surface area (Å²) in [5, 5.41) is 7.35. The lowest BCUT2D eigenvalue weighted by Crippen LogP contribution is -2.68. The molecule has 1 fully saturated rings. The summed E-state index contributed by atoms with van der Waals surface area (Å²) in [4.78, 5) is 9.78. The lowest BCUT2D eigenvalue weighted by molar-refractivity contribution is 0.349. The fourth-order valence-electron chi connectivity index (χ4n) is 3.34. The summed E-state index contributed by atoms with van der Waals surface area (Å²) in [5.74, 6) is 0. The summed E-state index contributed by atoms with van der Waals surface area (Å²) in [7, 11) is 0. The van der Waals surface area contributed by atoms with Gasteiger partial charge in [-0.15, -0.1) is 0 Å². The second kappa shape index (κ2) is 3.87. The minimum atomic E-state index is 0.0313. The summed E-state index contributed by atoms with van der Waals surface area (Å²) < 4.78 is 0. The fourth-order valence-corrected chi connectivity index (χ4v) is 3.34. The molecule has 0 bridgehead atoms. The van der Waals surface area contributed by atoms with Gasteiger partial charge >= 0.3 is 0 Å². The average Bonchev–Trinajstić information content (AvgIpc) is 2.29. The molecule has 0 aromatic heterocycles. The summed E-state index contributed by atoms with van der Waals surface area (Å²) in [6.07, 6.45) is 1.98. The summed E-state index contributed by atoms with van der Waals surface area (Å²) in [5.41, 5.74) is 2.71. The quantitative estimate of drug-likeness (QED) is 0.676. The Hall–Kier alpha value is -0.740. The second-order valence-electron chi connectivity index (χ2n) is 6.63. The first-order valence-corrected chi connectivity index (χ1v) is 7.06. The molecular weight excluding hydrogens is 224 g/mol. The van der Waals surface area contributed by atoms with Crippen molar-refractivity contribution >= 4 is 11.4 Å². The van der Waals surface area contributed by atoms with Crippen LogP contribution in [-0.2, 0) is 0 Å². The molecule has 18 heavy (non-hydrogen) atoms. The minimum Gasteiger partial charge on any atom is -0.304 e. The van der Waals surface area contributed by atoms with Gasteiger partial charge in [-0.2, -0.15) is 0 Å². The van der Waals surface area contributed by atoms with E-state index in [1.54, 1.807) is 0 Å². The first-order chi connectivity index (χ1) is 8.41. The topological polar surface area (TPSA) is 48.8 Å². The highest BCUT2D eigenvalue weighted by Gasteiger charge is 2.48. The maximum atomic E-state index is 4.89. The molecule has 4 atom stereocenters. The van der Waals surface area contributed by atoms with Gasteiger partial charge in [0.1, 0.15) is 0 Å². The molecule has 2 heterocycles. The monoisotopic (exact) mass is 248 g/mol. The van der Waals surface area contributed by atoms with Crippen LogP contribution >= 0.6 is 0 Å². The number of nitrogens with one attached hydrogen (secondary N) is 2. The number of hydrogen-bond acceptors (Lipinski definition) is 4. The highest BCUT2D eigenvalue weighted by atomic mass is 15.1. The fraction of sp³-hybridized carbons (Fsp3) is 0.857. The third kappa shape index (κ3) is 1.82. The molecule has 1 aliphatic carbocycles. The van der Waals surface area contributed by atoms with Gasteiger partial charge in [0.05, 0.1) is 23.2 Å². The van der Waals surface area contributed by atoms with Crippen molar-refractivity contribution in [3.05, 3.63) is 0 Å². The van der Waals surface area contributed by atoms with Crippen LogP contribution in [0.4, 0.5) is 0 Å². The number of nitrogens with zero attached hydrogens (tertiary/aromatic N) is 2. The molecule has 0 radical (unpaired) electrons. The molecule has 0 amide bonds. The van der Waals surface area contributed by atoms with Crippen molar-refractivity contribution in [1.82, 2.24) is 10.6 Å². The number of rotatable bonds is 0. The van der Waals surface area contributed by atoms with Crippen LogP contribution in [0.2, 0.25) is 0 Å². The van der Waals surface area contributed by atoms with E-state index in [9.17, 15) is 0 Å². The van der Waals surface area contributed by atoms with Gasteiger partial charge in [0, 0.05) is 37.4 Å². The Morgan fingerprint density at radius 3 is 1.67 bits per heavy atom. The van der Waals surface area contributed by atoms with Crippen LogP contribution in [0.3, 0.4) is 0 Å². The van der Waals surface area contributed by atoms with E-state index in [-0.39, 0.29) is 11.1 Å². The molecule has 0 aromatic carbocycles. The van der Waals surface area contributed by atoms with Gasteiger partial charge in [-0.25, -0.2) is 0 Å². The summed E-state index contributed by atoms with van der Waals surface area (Å²) >= 11 is 0. The van der Waals surface area contributed by atoms with Crippen molar-refractivity contribution in [2.45, 2.75) is 63.7 Å². The van der Waals surface area contributed by atoms with Gasteiger partial charge in [0.2, 0.25) is 0 Å². The van der Waals surface area contributed by atoms with Crippen LogP contribution in [0.25, 0.3) is 0 Å². The normalized spacial score (nSPS) is 47.8. The highest BCUT2D eigenvalue weighted by Crippen LogP contribution is 2.34. The van der Waals surface area contributed by atoms with Gasteiger partial charge in [-0.05, 0) is 27.7 Å². The molecule has 0 aromatic rings. The van der Waals surface area contributed by atoms with Crippen LogP contribution in [0.15, 0.2) is 9.98 Å². The molecule has 2 aliphatic heterocycles. The van der Waals surface area contributed by atoms with E-state index < -0.39 is 0 Å². The molecule has 3 aliphatic rings. The van der Waals surface area contributed by atoms with Crippen molar-refractivity contribution in [3.63, 3.8) is 0 Å². The van der Waals surface area contributed by atoms with Crippen molar-refractivity contribution in [2.24, 2.45) is 9.98 Å². The Bertz CT molecular complexity index is 388. The van der Waals surface area contributed by atoms with Gasteiger partial charge < -0.3 is 10.6 Å². The Kier molecular flexibility index (Phi) is 2.65. The van der Waals surface area contributed by atoms with Crippen LogP contribution < -0.4 is 10.6 Å². The van der Waals surface area contributed by atoms with Gasteiger partial charge in [-0.1, -0.05) is 0 Å². The third-order valence-corrected chi connectivity index (χ3v) is 4.64. The number of aliphatic imine (C=N–C) groups is 2. The minimum absolute atomic E-state index is 0.0313. The van der Waals surface area contributed by atoms with Crippen LogP contribution in [0.5, 0.6) is 0 Å². The summed E-state index contributed by atoms with van der Waals surface area (Å²) in [6.45, 7) is 10.9. The SMILES string of the molecule is CC1CN[C@]2(C)CC3=NC(C)CN[C@@]3(C)CC2=N1. The maximum Gasteiger partial charge on any atom is 0.0596 e. The van der Waals surface area contributed by atoms with Crippen molar-refractivity contribution < 1.29 is 0 Å². The smallest absolute Gasteiger partial charge is 0.0596 e. The van der Waals surface area contributed by atoms with E-state index in [2.05, 4.69) is 38.3 Å². The van der Waals surface area contributed by atoms with Crippen LogP contribution in [0.1, 0.15) is 40.5 Å². The highest BCUT2D eigenvalue weighted by molar-refractivity contribution is 6.10. The Morgan fingerprint density at radius 2 is 1.28 bits per heavy atom. The molecule has 0 spiro atoms. The molecule has 4 heteroatoms. The molecule has 1 saturated carbocycles. The van der Waals surface area contributed by atoms with Crippen molar-refractivity contribution in [2.75, 3.05) is 13.1 Å². The van der Waals surface area contributed by atoms with E-state index >= 15 is 0 Å². The van der Waals surface area contributed by atoms with Crippen molar-refractivity contribution in [1.29, 1.82) is 0 Å². The van der Waals surface area contributed by atoms with E-state index in [1.807, 2.05) is 0 Å². The molecule has 4 nitrogen and oxygen atoms in total. The van der Waals surface area contributed by atoms with E-state index in [0.717, 1.165) is 25.9 Å². The standard InChI is InChI=1S/C14H24N4/c1-9-7-15-13(3)6-12-14(4,5-11(13)17-9)16-8-10(2)18-12/h9-10,15-16H,5-8H2,1-4H3/t9?,10?,13-,14+. The van der Waals surface area contributed by atoms with Gasteiger partial charge in [-0.3, -0.25) is 9.98 Å². The molecule has 0 saturated heterocycles. The van der Waals surface area contributed by atoms with E-state index in [0.29, 0.717) is 12.1 Å². The Balaban J connectivity index is 1.98. The lowest BCUT2D eigenvalue weighted by Gasteiger charge is -2.50. The molecule has 100 valence electrons. The number of fused-ring (bicyclic) bond motifs is 2. The first-order valence-electron chi connectivity index (χ1n) is 7.06. The van der Waals surface area contributed by atoms with Gasteiger partial charge in [0.25, 0.3) is 0 Å². The summed E-state index contributed by atoms with van der Waals surface area (Å²) in [6, 6.07) is 0.801. The predicted molar refractivity (Wildman–Crippen MR) is 75.8 cm³/mol. The largest absolute Gasteiger partial charge is 0.304 e. The van der Waals surface area contributed by atoms with Crippen molar-refractivity contribution in [3.8, 4) is 0 Å². The molecular formula is C14H24N4.